The number of nitrogens with two attached hydrogens (primary N) is 1. The van der Waals surface area contributed by atoms with Crippen LogP contribution in [0.3, 0.4) is 0 Å². The summed E-state index contributed by atoms with van der Waals surface area (Å²) in [6.07, 6.45) is 1.60. The van der Waals surface area contributed by atoms with Gasteiger partial charge in [0.1, 0.15) is 23.0 Å². The summed E-state index contributed by atoms with van der Waals surface area (Å²) >= 11 is 6.25. The van der Waals surface area contributed by atoms with E-state index in [9.17, 15) is 14.4 Å². The van der Waals surface area contributed by atoms with E-state index in [1.807, 2.05) is 11.8 Å². The molecule has 0 saturated carbocycles. The molecule has 5 rings (SSSR count). The molecule has 4 heterocycles. The van der Waals surface area contributed by atoms with Crippen molar-refractivity contribution >= 4 is 28.9 Å². The highest BCUT2D eigenvalue weighted by Crippen LogP contribution is 2.42. The van der Waals surface area contributed by atoms with Gasteiger partial charge in [0.25, 0.3) is 5.56 Å². The molecule has 1 saturated heterocycles. The largest absolute Gasteiger partial charge is 0.368 e. The third-order valence-electron chi connectivity index (χ3n) is 5.82. The van der Waals surface area contributed by atoms with E-state index in [0.717, 1.165) is 0 Å². The molecule has 4 aromatic rings. The SMILES string of the molecule is Cc1nc(N)nc(N2C[C@H](C)[C@H]2c2nn3ccc(Cl)c3c(=O)n2-c2cccc(F)c2)c1C#N. The molecular weight excluding hydrogens is 447 g/mol. The Labute approximate surface area is 192 Å². The predicted molar refractivity (Wildman–Crippen MR) is 121 cm³/mol. The predicted octanol–water partition coefficient (Wildman–Crippen LogP) is 3.03. The van der Waals surface area contributed by atoms with Gasteiger partial charge in [-0.25, -0.2) is 13.9 Å². The van der Waals surface area contributed by atoms with Gasteiger partial charge in [0.05, 0.1) is 22.4 Å². The highest BCUT2D eigenvalue weighted by Gasteiger charge is 2.43. The van der Waals surface area contributed by atoms with Crippen LogP contribution in [0.15, 0.2) is 41.3 Å². The summed E-state index contributed by atoms with van der Waals surface area (Å²) in [5.41, 5.74) is 6.70. The summed E-state index contributed by atoms with van der Waals surface area (Å²) in [6, 6.07) is 9.00. The second kappa shape index (κ2) is 7.56. The molecule has 166 valence electrons. The first-order chi connectivity index (χ1) is 15.8. The molecule has 1 aliphatic heterocycles. The molecule has 0 amide bonds. The number of hydrogen-bond donors (Lipinski definition) is 1. The normalized spacial score (nSPS) is 17.7. The van der Waals surface area contributed by atoms with E-state index in [1.54, 1.807) is 25.3 Å². The molecule has 1 fully saturated rings. The number of nitrogen functional groups attached to an aromatic ring is 1. The van der Waals surface area contributed by atoms with Gasteiger partial charge in [0.2, 0.25) is 5.95 Å². The lowest BCUT2D eigenvalue weighted by molar-refractivity contribution is 0.300. The quantitative estimate of drug-likeness (QED) is 0.495. The minimum absolute atomic E-state index is 0.0444. The van der Waals surface area contributed by atoms with Crippen molar-refractivity contribution in [2.45, 2.75) is 19.9 Å². The first-order valence-corrected chi connectivity index (χ1v) is 10.5. The van der Waals surface area contributed by atoms with E-state index in [-0.39, 0.29) is 22.4 Å². The molecule has 0 spiro atoms. The smallest absolute Gasteiger partial charge is 0.284 e. The molecule has 1 aromatic carbocycles. The molecule has 1 aliphatic rings. The van der Waals surface area contributed by atoms with Crippen LogP contribution in [0.5, 0.6) is 0 Å². The fourth-order valence-electron chi connectivity index (χ4n) is 4.33. The van der Waals surface area contributed by atoms with Crippen LogP contribution < -0.4 is 16.2 Å². The molecule has 9 nitrogen and oxygen atoms in total. The second-order valence-corrected chi connectivity index (χ2v) is 8.39. The van der Waals surface area contributed by atoms with Gasteiger partial charge in [-0.2, -0.15) is 15.3 Å². The summed E-state index contributed by atoms with van der Waals surface area (Å²) in [5, 5.41) is 14.6. The van der Waals surface area contributed by atoms with Gasteiger partial charge >= 0.3 is 0 Å². The average molecular weight is 465 g/mol. The number of aryl methyl sites for hydroxylation is 1. The Morgan fingerprint density at radius 3 is 2.79 bits per heavy atom. The number of nitriles is 1. The van der Waals surface area contributed by atoms with Crippen molar-refractivity contribution in [2.24, 2.45) is 5.92 Å². The van der Waals surface area contributed by atoms with Gasteiger partial charge in [-0.05, 0) is 31.2 Å². The number of aromatic nitrogens is 5. The zero-order chi connectivity index (χ0) is 23.4. The van der Waals surface area contributed by atoms with Crippen molar-refractivity contribution in [2.75, 3.05) is 17.2 Å². The molecule has 0 aliphatic carbocycles. The topological polar surface area (TPSA) is 118 Å². The van der Waals surface area contributed by atoms with Crippen LogP contribution in [-0.4, -0.2) is 30.7 Å². The van der Waals surface area contributed by atoms with Crippen LogP contribution in [-0.2, 0) is 0 Å². The van der Waals surface area contributed by atoms with Gasteiger partial charge in [-0.1, -0.05) is 24.6 Å². The Bertz CT molecular complexity index is 1520. The molecule has 11 heteroatoms. The molecule has 0 bridgehead atoms. The van der Waals surface area contributed by atoms with Crippen molar-refractivity contribution in [3.05, 3.63) is 74.8 Å². The summed E-state index contributed by atoms with van der Waals surface area (Å²) < 4.78 is 16.9. The minimum atomic E-state index is -0.490. The Kier molecular flexibility index (Phi) is 4.79. The first kappa shape index (κ1) is 20.9. The van der Waals surface area contributed by atoms with E-state index in [1.165, 1.54) is 27.3 Å². The van der Waals surface area contributed by atoms with E-state index < -0.39 is 17.4 Å². The lowest BCUT2D eigenvalue weighted by Gasteiger charge is -2.47. The number of nitrogens with zero attached hydrogens (tertiary/aromatic N) is 7. The zero-order valence-electron chi connectivity index (χ0n) is 17.7. The first-order valence-electron chi connectivity index (χ1n) is 10.2. The van der Waals surface area contributed by atoms with Crippen molar-refractivity contribution < 1.29 is 4.39 Å². The third-order valence-corrected chi connectivity index (χ3v) is 6.13. The van der Waals surface area contributed by atoms with E-state index in [4.69, 9.17) is 17.3 Å². The van der Waals surface area contributed by atoms with Crippen LogP contribution in [0.4, 0.5) is 16.2 Å². The van der Waals surface area contributed by atoms with Gasteiger partial charge < -0.3 is 10.6 Å². The average Bonchev–Trinajstić information content (AvgIpc) is 3.12. The van der Waals surface area contributed by atoms with Gasteiger partial charge in [-0.3, -0.25) is 9.36 Å². The fraction of sp³-hybridized carbons (Fsp3) is 0.227. The van der Waals surface area contributed by atoms with E-state index >= 15 is 0 Å². The number of hydrogen-bond acceptors (Lipinski definition) is 7. The van der Waals surface area contributed by atoms with Crippen molar-refractivity contribution in [3.8, 4) is 11.8 Å². The minimum Gasteiger partial charge on any atom is -0.368 e. The van der Waals surface area contributed by atoms with Crippen molar-refractivity contribution in [1.29, 1.82) is 5.26 Å². The summed E-state index contributed by atoms with van der Waals surface area (Å²) in [4.78, 5) is 23.8. The Balaban J connectivity index is 1.77. The lowest BCUT2D eigenvalue weighted by atomic mass is 9.88. The fourth-order valence-corrected chi connectivity index (χ4v) is 4.55. The number of rotatable bonds is 3. The Morgan fingerprint density at radius 1 is 1.30 bits per heavy atom. The van der Waals surface area contributed by atoms with Gasteiger partial charge in [0.15, 0.2) is 11.6 Å². The molecule has 2 atom stereocenters. The molecular formula is C22H18ClFN8O. The van der Waals surface area contributed by atoms with Crippen LogP contribution in [0.25, 0.3) is 11.2 Å². The summed E-state index contributed by atoms with van der Waals surface area (Å²) in [7, 11) is 0. The maximum atomic E-state index is 14.1. The number of halogens is 2. The maximum Gasteiger partial charge on any atom is 0.284 e. The van der Waals surface area contributed by atoms with Gasteiger partial charge in [0, 0.05) is 18.7 Å². The molecule has 33 heavy (non-hydrogen) atoms. The number of benzene rings is 1. The standard InChI is InChI=1S/C22H18ClFN8O/c1-11-10-30(19-15(9-25)12(2)27-22(26)28-19)17(11)20-29-31-7-6-16(23)18(31)21(33)32(20)14-5-3-4-13(24)8-14/h3-8,11,17H,10H2,1-2H3,(H2,26,27,28)/t11-,17-/m0/s1. The number of anilines is 2. The molecule has 2 N–H and O–H groups in total. The Morgan fingerprint density at radius 2 is 2.09 bits per heavy atom. The van der Waals surface area contributed by atoms with Crippen LogP contribution in [0.2, 0.25) is 5.02 Å². The number of fused-ring (bicyclic) bond motifs is 1. The second-order valence-electron chi connectivity index (χ2n) is 7.99. The van der Waals surface area contributed by atoms with Crippen LogP contribution in [0.1, 0.15) is 30.0 Å². The van der Waals surface area contributed by atoms with Gasteiger partial charge in [-0.15, -0.1) is 0 Å². The monoisotopic (exact) mass is 464 g/mol. The van der Waals surface area contributed by atoms with Crippen LogP contribution >= 0.6 is 11.6 Å². The van der Waals surface area contributed by atoms with Crippen molar-refractivity contribution in [3.63, 3.8) is 0 Å². The van der Waals surface area contributed by atoms with Crippen LogP contribution in [0, 0.1) is 30.0 Å². The van der Waals surface area contributed by atoms with E-state index in [2.05, 4.69) is 21.1 Å². The zero-order valence-corrected chi connectivity index (χ0v) is 18.5. The maximum absolute atomic E-state index is 14.1. The molecule has 0 radical (unpaired) electrons. The summed E-state index contributed by atoms with van der Waals surface area (Å²) in [5.74, 6) is 0.335. The summed E-state index contributed by atoms with van der Waals surface area (Å²) in [6.45, 7) is 4.24. The lowest BCUT2D eigenvalue weighted by Crippen LogP contribution is -2.52. The molecule has 3 aromatic heterocycles. The van der Waals surface area contributed by atoms with Crippen molar-refractivity contribution in [1.82, 2.24) is 24.1 Å². The Hall–Kier alpha value is -3.97. The molecule has 0 unspecified atom stereocenters. The highest BCUT2D eigenvalue weighted by molar-refractivity contribution is 6.33. The third kappa shape index (κ3) is 3.20. The van der Waals surface area contributed by atoms with E-state index in [0.29, 0.717) is 35.1 Å². The highest BCUT2D eigenvalue weighted by atomic mass is 35.5.